The highest BCUT2D eigenvalue weighted by atomic mass is 32.2. The molecule has 0 bridgehead atoms. The van der Waals surface area contributed by atoms with E-state index >= 15 is 0 Å². The number of hydrogen-bond donors (Lipinski definition) is 0. The summed E-state index contributed by atoms with van der Waals surface area (Å²) in [6, 6.07) is 7.62. The van der Waals surface area contributed by atoms with E-state index in [1.165, 1.54) is 9.87 Å². The van der Waals surface area contributed by atoms with Crippen molar-refractivity contribution in [2.45, 2.75) is 57.8 Å². The highest BCUT2D eigenvalue weighted by Crippen LogP contribution is 2.27. The fourth-order valence-corrected chi connectivity index (χ4v) is 5.43. The highest BCUT2D eigenvalue weighted by molar-refractivity contribution is 7.89. The number of rotatable bonds is 5. The molecule has 0 radical (unpaired) electrons. The van der Waals surface area contributed by atoms with Gasteiger partial charge in [0, 0.05) is 13.1 Å². The molecule has 1 aromatic heterocycles. The van der Waals surface area contributed by atoms with Gasteiger partial charge in [-0.05, 0) is 49.8 Å². The van der Waals surface area contributed by atoms with Crippen molar-refractivity contribution in [3.8, 4) is 5.75 Å². The molecule has 1 aliphatic heterocycles. The second-order valence-electron chi connectivity index (χ2n) is 8.48. The van der Waals surface area contributed by atoms with Crippen molar-refractivity contribution < 1.29 is 17.9 Å². The number of carbonyl (C=O) groups excluding carboxylic acids is 1. The predicted octanol–water partition coefficient (Wildman–Crippen LogP) is 3.30. The van der Waals surface area contributed by atoms with Gasteiger partial charge in [0.25, 0.3) is 5.91 Å². The maximum atomic E-state index is 12.9. The zero-order valence-electron chi connectivity index (χ0n) is 17.7. The number of aromatic nitrogens is 2. The Balaban J connectivity index is 1.75. The molecule has 7 nitrogen and oxygen atoms in total. The number of nitrogens with zero attached hydrogens (tertiary/aromatic N) is 3. The van der Waals surface area contributed by atoms with Crippen molar-refractivity contribution in [2.75, 3.05) is 19.7 Å². The fourth-order valence-electron chi connectivity index (χ4n) is 3.56. The van der Waals surface area contributed by atoms with Gasteiger partial charge < -0.3 is 4.74 Å². The lowest BCUT2D eigenvalue weighted by atomic mass is 9.87. The molecule has 8 heteroatoms. The SMILES string of the molecule is Cc1nn(C(=O)COc2ccc(C(C)(C)C)cc2)c(C)c1S(=O)(=O)N1CCCC1. The summed E-state index contributed by atoms with van der Waals surface area (Å²) in [7, 11) is -3.64. The van der Waals surface area contributed by atoms with Crippen molar-refractivity contribution in [3.63, 3.8) is 0 Å². The van der Waals surface area contributed by atoms with Crippen LogP contribution in [0.3, 0.4) is 0 Å². The Hall–Kier alpha value is -2.19. The first-order chi connectivity index (χ1) is 13.5. The first-order valence-electron chi connectivity index (χ1n) is 9.85. The van der Waals surface area contributed by atoms with Gasteiger partial charge in [-0.2, -0.15) is 9.40 Å². The summed E-state index contributed by atoms with van der Waals surface area (Å²) in [4.78, 5) is 12.8. The third-order valence-electron chi connectivity index (χ3n) is 5.21. The molecule has 29 heavy (non-hydrogen) atoms. The summed E-state index contributed by atoms with van der Waals surface area (Å²) >= 11 is 0. The Kier molecular flexibility index (Phi) is 5.87. The van der Waals surface area contributed by atoms with Gasteiger partial charge >= 0.3 is 0 Å². The molecule has 3 rings (SSSR count). The van der Waals surface area contributed by atoms with Gasteiger partial charge in [0.05, 0.1) is 11.4 Å². The molecule has 0 amide bonds. The summed E-state index contributed by atoms with van der Waals surface area (Å²) in [6.07, 6.45) is 1.71. The molecule has 1 aromatic carbocycles. The van der Waals surface area contributed by atoms with Crippen molar-refractivity contribution in [1.82, 2.24) is 14.1 Å². The fraction of sp³-hybridized carbons (Fsp3) is 0.524. The molecule has 2 aromatic rings. The number of aryl methyl sites for hydroxylation is 1. The van der Waals surface area contributed by atoms with Crippen LogP contribution in [0.15, 0.2) is 29.2 Å². The molecule has 1 saturated heterocycles. The van der Waals surface area contributed by atoms with Crippen LogP contribution < -0.4 is 4.74 Å². The van der Waals surface area contributed by atoms with E-state index in [2.05, 4.69) is 25.9 Å². The third-order valence-corrected chi connectivity index (χ3v) is 7.36. The first kappa shape index (κ1) is 21.5. The summed E-state index contributed by atoms with van der Waals surface area (Å²) in [5, 5.41) is 4.19. The molecule has 0 saturated carbocycles. The molecule has 0 atom stereocenters. The van der Waals surface area contributed by atoms with Crippen molar-refractivity contribution in [2.24, 2.45) is 0 Å². The number of sulfonamides is 1. The van der Waals surface area contributed by atoms with Gasteiger partial charge in [-0.25, -0.2) is 13.1 Å². The van der Waals surface area contributed by atoms with Crippen LogP contribution in [0, 0.1) is 13.8 Å². The third kappa shape index (κ3) is 4.38. The zero-order chi connectivity index (χ0) is 21.4. The van der Waals surface area contributed by atoms with Gasteiger partial charge in [-0.15, -0.1) is 0 Å². The lowest BCUT2D eigenvalue weighted by molar-refractivity contribution is 0.0817. The van der Waals surface area contributed by atoms with E-state index in [1.54, 1.807) is 13.8 Å². The number of ether oxygens (including phenoxy) is 1. The van der Waals surface area contributed by atoms with Gasteiger partial charge in [0.15, 0.2) is 6.61 Å². The average molecular weight is 420 g/mol. The molecule has 2 heterocycles. The molecular weight excluding hydrogens is 390 g/mol. The minimum Gasteiger partial charge on any atom is -0.484 e. The topological polar surface area (TPSA) is 81.5 Å². The Labute approximate surface area is 172 Å². The summed E-state index contributed by atoms with van der Waals surface area (Å²) in [6.45, 7) is 10.4. The molecule has 158 valence electrons. The van der Waals surface area contributed by atoms with Crippen molar-refractivity contribution >= 4 is 15.9 Å². The van der Waals surface area contributed by atoms with Gasteiger partial charge in [0.1, 0.15) is 10.6 Å². The van der Waals surface area contributed by atoms with Crippen LogP contribution in [0.25, 0.3) is 0 Å². The van der Waals surface area contributed by atoms with Crippen LogP contribution >= 0.6 is 0 Å². The van der Waals surface area contributed by atoms with Gasteiger partial charge in [0.2, 0.25) is 10.0 Å². The van der Waals surface area contributed by atoms with Gasteiger partial charge in [-0.3, -0.25) is 4.79 Å². The second-order valence-corrected chi connectivity index (χ2v) is 10.4. The standard InChI is InChI=1S/C21H29N3O4S/c1-15-20(29(26,27)23-12-6-7-13-23)16(2)24(22-15)19(25)14-28-18-10-8-17(9-11-18)21(3,4)5/h8-11H,6-7,12-14H2,1-5H3. The minimum atomic E-state index is -3.64. The maximum absolute atomic E-state index is 12.9. The lowest BCUT2D eigenvalue weighted by Crippen LogP contribution is -2.29. The quantitative estimate of drug-likeness (QED) is 0.743. The summed E-state index contributed by atoms with van der Waals surface area (Å²) in [5.74, 6) is 0.172. The molecule has 0 unspecified atom stereocenters. The Morgan fingerprint density at radius 3 is 2.24 bits per heavy atom. The zero-order valence-corrected chi connectivity index (χ0v) is 18.5. The molecule has 1 aliphatic rings. The normalized spacial score (nSPS) is 15.6. The van der Waals surface area contributed by atoms with Crippen LogP contribution in [-0.2, 0) is 15.4 Å². The van der Waals surface area contributed by atoms with E-state index in [4.69, 9.17) is 4.74 Å². The monoisotopic (exact) mass is 419 g/mol. The van der Waals surface area contributed by atoms with E-state index in [9.17, 15) is 13.2 Å². The minimum absolute atomic E-state index is 0.0370. The Morgan fingerprint density at radius 1 is 1.10 bits per heavy atom. The van der Waals surface area contributed by atoms with Crippen molar-refractivity contribution in [3.05, 3.63) is 41.2 Å². The van der Waals surface area contributed by atoms with Crippen LogP contribution in [0.2, 0.25) is 0 Å². The molecule has 0 spiro atoms. The van der Waals surface area contributed by atoms with E-state index in [0.717, 1.165) is 17.5 Å². The maximum Gasteiger partial charge on any atom is 0.285 e. The Morgan fingerprint density at radius 2 is 1.69 bits per heavy atom. The predicted molar refractivity (Wildman–Crippen MR) is 111 cm³/mol. The molecular formula is C21H29N3O4S. The average Bonchev–Trinajstić information content (AvgIpc) is 3.28. The van der Waals surface area contributed by atoms with Gasteiger partial charge in [-0.1, -0.05) is 32.9 Å². The van der Waals surface area contributed by atoms with Crippen LogP contribution in [0.4, 0.5) is 0 Å². The van der Waals surface area contributed by atoms with Crippen molar-refractivity contribution in [1.29, 1.82) is 0 Å². The molecule has 0 N–H and O–H groups in total. The summed E-state index contributed by atoms with van der Waals surface area (Å²) < 4.78 is 34.1. The van der Waals surface area contributed by atoms with E-state index in [0.29, 0.717) is 30.2 Å². The van der Waals surface area contributed by atoms with E-state index in [-0.39, 0.29) is 16.9 Å². The van der Waals surface area contributed by atoms with E-state index < -0.39 is 15.9 Å². The van der Waals surface area contributed by atoms with Crippen LogP contribution in [-0.4, -0.2) is 48.1 Å². The first-order valence-corrected chi connectivity index (χ1v) is 11.3. The van der Waals surface area contributed by atoms with Crippen LogP contribution in [0.1, 0.15) is 55.4 Å². The van der Waals surface area contributed by atoms with Crippen LogP contribution in [0.5, 0.6) is 5.75 Å². The van der Waals surface area contributed by atoms with E-state index in [1.807, 2.05) is 24.3 Å². The molecule has 0 aliphatic carbocycles. The smallest absolute Gasteiger partial charge is 0.285 e. The number of hydrogen-bond acceptors (Lipinski definition) is 5. The Bertz CT molecular complexity index is 996. The second kappa shape index (κ2) is 7.91. The molecule has 1 fully saturated rings. The largest absolute Gasteiger partial charge is 0.484 e. The lowest BCUT2D eigenvalue weighted by Gasteiger charge is -2.19. The summed E-state index contributed by atoms with van der Waals surface area (Å²) in [5.41, 5.74) is 1.87. The number of carbonyl (C=O) groups is 1. The number of benzene rings is 1. The highest BCUT2D eigenvalue weighted by Gasteiger charge is 2.33.